The normalized spacial score (nSPS) is 18.1. The van der Waals surface area contributed by atoms with Gasteiger partial charge in [-0.1, -0.05) is 0 Å². The van der Waals surface area contributed by atoms with Crippen LogP contribution in [-0.2, 0) is 4.79 Å². The van der Waals surface area contributed by atoms with Crippen molar-refractivity contribution in [3.8, 4) is 17.2 Å². The van der Waals surface area contributed by atoms with Crippen molar-refractivity contribution in [3.05, 3.63) is 29.0 Å². The topological polar surface area (TPSA) is 115 Å². The molecule has 27 heavy (non-hydrogen) atoms. The lowest BCUT2D eigenvalue weighted by Crippen LogP contribution is -2.26. The summed E-state index contributed by atoms with van der Waals surface area (Å²) in [6.45, 7) is 1.11. The van der Waals surface area contributed by atoms with Gasteiger partial charge in [-0.25, -0.2) is 0 Å². The number of methoxy groups -OCH3 is 1. The van der Waals surface area contributed by atoms with Crippen molar-refractivity contribution in [2.24, 2.45) is 0 Å². The molecule has 3 heterocycles. The number of ether oxygens (including phenoxy) is 3. The van der Waals surface area contributed by atoms with Crippen LogP contribution in [0.3, 0.4) is 0 Å². The third-order valence-electron chi connectivity index (χ3n) is 4.73. The maximum atomic E-state index is 12.3. The number of amides is 2. The van der Waals surface area contributed by atoms with Crippen LogP contribution in [0.2, 0.25) is 0 Å². The predicted molar refractivity (Wildman–Crippen MR) is 95.7 cm³/mol. The number of carbonyl (C=O) groups is 2. The van der Waals surface area contributed by atoms with Gasteiger partial charge in [0.05, 0.1) is 20.3 Å². The molecule has 1 aromatic heterocycles. The van der Waals surface area contributed by atoms with Gasteiger partial charge in [0.1, 0.15) is 11.4 Å². The van der Waals surface area contributed by atoms with E-state index in [1.807, 2.05) is 6.07 Å². The molecule has 142 valence electrons. The van der Waals surface area contributed by atoms with Crippen molar-refractivity contribution in [1.82, 2.24) is 15.5 Å². The van der Waals surface area contributed by atoms with E-state index in [2.05, 4.69) is 20.8 Å². The summed E-state index contributed by atoms with van der Waals surface area (Å²) in [6, 6.07) is 3.59. The molecule has 2 aromatic rings. The van der Waals surface area contributed by atoms with Crippen LogP contribution < -0.4 is 24.8 Å². The Balaban J connectivity index is 1.87. The van der Waals surface area contributed by atoms with E-state index < -0.39 is 5.92 Å². The lowest BCUT2D eigenvalue weighted by atomic mass is 9.84. The molecule has 3 N–H and O–H groups in total. The van der Waals surface area contributed by atoms with Gasteiger partial charge in [-0.3, -0.25) is 14.7 Å². The molecule has 2 aliphatic rings. The van der Waals surface area contributed by atoms with Crippen LogP contribution >= 0.6 is 0 Å². The first-order valence-corrected chi connectivity index (χ1v) is 8.70. The van der Waals surface area contributed by atoms with E-state index in [1.54, 1.807) is 20.2 Å². The van der Waals surface area contributed by atoms with Gasteiger partial charge in [-0.15, -0.1) is 0 Å². The van der Waals surface area contributed by atoms with E-state index in [9.17, 15) is 9.59 Å². The summed E-state index contributed by atoms with van der Waals surface area (Å²) >= 11 is 0. The number of hydrogen-bond donors (Lipinski definition) is 3. The van der Waals surface area contributed by atoms with Crippen molar-refractivity contribution in [1.29, 1.82) is 0 Å². The number of nitrogens with one attached hydrogen (secondary N) is 3. The zero-order chi connectivity index (χ0) is 19.0. The van der Waals surface area contributed by atoms with Gasteiger partial charge in [-0.05, 0) is 6.07 Å². The summed E-state index contributed by atoms with van der Waals surface area (Å²) in [6.07, 6.45) is 0.942. The fourth-order valence-corrected chi connectivity index (χ4v) is 3.47. The molecule has 0 spiro atoms. The van der Waals surface area contributed by atoms with Crippen LogP contribution in [0.25, 0.3) is 0 Å². The Labute approximate surface area is 155 Å². The molecular weight excluding hydrogens is 352 g/mol. The maximum Gasteiger partial charge on any atom is 0.269 e. The third-order valence-corrected chi connectivity index (χ3v) is 4.73. The first-order valence-electron chi connectivity index (χ1n) is 8.70. The second-order valence-electron chi connectivity index (χ2n) is 6.34. The molecule has 0 saturated carbocycles. The molecule has 2 amide bonds. The first-order chi connectivity index (χ1) is 13.1. The highest BCUT2D eigenvalue weighted by molar-refractivity contribution is 6.00. The Hall–Kier alpha value is -3.23. The minimum absolute atomic E-state index is 0.159. The Bertz CT molecular complexity index is 907. The molecule has 0 radical (unpaired) electrons. The quantitative estimate of drug-likeness (QED) is 0.751. The van der Waals surface area contributed by atoms with Gasteiger partial charge in [0.15, 0.2) is 17.3 Å². The maximum absolute atomic E-state index is 12.3. The minimum Gasteiger partial charge on any atom is -0.496 e. The smallest absolute Gasteiger partial charge is 0.269 e. The molecule has 4 rings (SSSR count). The highest BCUT2D eigenvalue weighted by Gasteiger charge is 2.35. The molecule has 0 aliphatic carbocycles. The Morgan fingerprint density at radius 1 is 1.30 bits per heavy atom. The van der Waals surface area contributed by atoms with Gasteiger partial charge < -0.3 is 24.8 Å². The largest absolute Gasteiger partial charge is 0.496 e. The Morgan fingerprint density at radius 3 is 2.74 bits per heavy atom. The van der Waals surface area contributed by atoms with Crippen LogP contribution in [0.1, 0.15) is 40.4 Å². The van der Waals surface area contributed by atoms with Gasteiger partial charge in [0, 0.05) is 43.0 Å². The number of nitrogens with zero attached hydrogens (tertiary/aromatic N) is 1. The van der Waals surface area contributed by atoms with Gasteiger partial charge >= 0.3 is 0 Å². The molecule has 0 unspecified atom stereocenters. The van der Waals surface area contributed by atoms with Crippen molar-refractivity contribution in [2.45, 2.75) is 18.8 Å². The van der Waals surface area contributed by atoms with Crippen LogP contribution in [0, 0.1) is 0 Å². The van der Waals surface area contributed by atoms with Crippen molar-refractivity contribution in [2.75, 3.05) is 32.7 Å². The van der Waals surface area contributed by atoms with Crippen LogP contribution in [-0.4, -0.2) is 49.4 Å². The standard InChI is InChI=1S/C18H20N4O5/c1-19-18(24)16-15-10(7-14(23)20-17(15)22-21-16)9-6-12-13(8-11(9)25-2)27-5-3-4-26-12/h6,8,10H,3-5,7H2,1-2H3,(H,19,24)(H2,20,21,22,23)/t10-/m1/s1. The Morgan fingerprint density at radius 2 is 2.04 bits per heavy atom. The molecule has 0 saturated heterocycles. The molecule has 1 aromatic carbocycles. The van der Waals surface area contributed by atoms with E-state index in [4.69, 9.17) is 14.2 Å². The molecule has 9 nitrogen and oxygen atoms in total. The first kappa shape index (κ1) is 17.2. The molecule has 2 aliphatic heterocycles. The van der Waals surface area contributed by atoms with E-state index >= 15 is 0 Å². The number of carbonyl (C=O) groups excluding carboxylic acids is 2. The predicted octanol–water partition coefficient (Wildman–Crippen LogP) is 1.41. The number of rotatable bonds is 3. The summed E-state index contributed by atoms with van der Waals surface area (Å²) in [5.74, 6) is 1.22. The number of aromatic amines is 1. The van der Waals surface area contributed by atoms with Gasteiger partial charge in [-0.2, -0.15) is 5.10 Å². The summed E-state index contributed by atoms with van der Waals surface area (Å²) in [4.78, 5) is 24.5. The third kappa shape index (κ3) is 2.94. The second kappa shape index (κ2) is 6.82. The molecule has 0 fully saturated rings. The van der Waals surface area contributed by atoms with Gasteiger partial charge in [0.25, 0.3) is 5.91 Å². The monoisotopic (exact) mass is 372 g/mol. The molecule has 9 heteroatoms. The zero-order valence-corrected chi connectivity index (χ0v) is 15.0. The number of fused-ring (bicyclic) bond motifs is 2. The number of hydrogen-bond acceptors (Lipinski definition) is 6. The zero-order valence-electron chi connectivity index (χ0n) is 15.0. The lowest BCUT2D eigenvalue weighted by molar-refractivity contribution is -0.116. The van der Waals surface area contributed by atoms with Crippen LogP contribution in [0.5, 0.6) is 17.2 Å². The van der Waals surface area contributed by atoms with E-state index in [1.165, 1.54) is 0 Å². The fraction of sp³-hybridized carbons (Fsp3) is 0.389. The summed E-state index contributed by atoms with van der Waals surface area (Å²) in [5.41, 5.74) is 1.68. The number of aromatic nitrogens is 2. The minimum atomic E-state index is -0.410. The van der Waals surface area contributed by atoms with E-state index in [0.29, 0.717) is 47.5 Å². The summed E-state index contributed by atoms with van der Waals surface area (Å²) in [5, 5.41) is 12.1. The van der Waals surface area contributed by atoms with Crippen LogP contribution in [0.15, 0.2) is 12.1 Å². The van der Waals surface area contributed by atoms with Crippen molar-refractivity contribution in [3.63, 3.8) is 0 Å². The number of anilines is 1. The van der Waals surface area contributed by atoms with Crippen molar-refractivity contribution < 1.29 is 23.8 Å². The molecule has 1 atom stereocenters. The number of benzene rings is 1. The lowest BCUT2D eigenvalue weighted by Gasteiger charge is -2.25. The highest BCUT2D eigenvalue weighted by Crippen LogP contribution is 2.46. The van der Waals surface area contributed by atoms with Gasteiger partial charge in [0.2, 0.25) is 5.91 Å². The Kier molecular flexibility index (Phi) is 4.35. The fourth-order valence-electron chi connectivity index (χ4n) is 3.47. The number of H-pyrrole nitrogens is 1. The average molecular weight is 372 g/mol. The molecular formula is C18H20N4O5. The second-order valence-corrected chi connectivity index (χ2v) is 6.34. The average Bonchev–Trinajstić information content (AvgIpc) is 2.96. The van der Waals surface area contributed by atoms with E-state index in [-0.39, 0.29) is 18.2 Å². The summed E-state index contributed by atoms with van der Waals surface area (Å²) in [7, 11) is 3.10. The highest BCUT2D eigenvalue weighted by atomic mass is 16.5. The SMILES string of the molecule is CNC(=O)c1[nH]nc2c1[C@@H](c1cc3c(cc1OC)OCCCO3)CC(=O)N2. The van der Waals surface area contributed by atoms with E-state index in [0.717, 1.165) is 12.0 Å². The molecule has 0 bridgehead atoms. The van der Waals surface area contributed by atoms with Crippen molar-refractivity contribution >= 4 is 17.6 Å². The van der Waals surface area contributed by atoms with Crippen LogP contribution in [0.4, 0.5) is 5.82 Å². The summed E-state index contributed by atoms with van der Waals surface area (Å²) < 4.78 is 17.1.